The molecule has 0 aliphatic carbocycles. The SMILES string of the molecule is CCc1nc(C#N)cc(N(C)C(C)c2ccccn2)n1. The molecule has 0 saturated carbocycles. The Morgan fingerprint density at radius 2 is 2.15 bits per heavy atom. The maximum Gasteiger partial charge on any atom is 0.146 e. The first-order valence-corrected chi connectivity index (χ1v) is 6.57. The maximum absolute atomic E-state index is 9.05. The molecule has 2 aromatic heterocycles. The number of nitriles is 1. The van der Waals surface area contributed by atoms with E-state index in [1.54, 1.807) is 12.3 Å². The second kappa shape index (κ2) is 6.11. The minimum Gasteiger partial charge on any atom is -0.351 e. The van der Waals surface area contributed by atoms with E-state index in [0.717, 1.165) is 11.5 Å². The number of hydrogen-bond acceptors (Lipinski definition) is 5. The van der Waals surface area contributed by atoms with Crippen molar-refractivity contribution in [2.45, 2.75) is 26.3 Å². The zero-order valence-corrected chi connectivity index (χ0v) is 11.9. The van der Waals surface area contributed by atoms with Gasteiger partial charge in [-0.2, -0.15) is 5.26 Å². The summed E-state index contributed by atoms with van der Waals surface area (Å²) in [6.45, 7) is 4.03. The van der Waals surface area contributed by atoms with Gasteiger partial charge in [-0.25, -0.2) is 9.97 Å². The Morgan fingerprint density at radius 1 is 1.35 bits per heavy atom. The van der Waals surface area contributed by atoms with Gasteiger partial charge in [-0.1, -0.05) is 13.0 Å². The number of nitrogens with zero attached hydrogens (tertiary/aromatic N) is 5. The molecule has 0 bridgehead atoms. The van der Waals surface area contributed by atoms with Crippen LogP contribution in [0.25, 0.3) is 0 Å². The van der Waals surface area contributed by atoms with Crippen LogP contribution in [-0.2, 0) is 6.42 Å². The summed E-state index contributed by atoms with van der Waals surface area (Å²) < 4.78 is 0. The van der Waals surface area contributed by atoms with E-state index >= 15 is 0 Å². The number of pyridine rings is 1. The van der Waals surface area contributed by atoms with Crippen molar-refractivity contribution in [3.05, 3.63) is 47.7 Å². The zero-order valence-electron chi connectivity index (χ0n) is 11.9. The standard InChI is InChI=1S/C15H17N5/c1-4-14-18-12(10-16)9-15(19-14)20(3)11(2)13-7-5-6-8-17-13/h5-9,11H,4H2,1-3H3. The van der Waals surface area contributed by atoms with Crippen LogP contribution in [0.1, 0.15) is 37.1 Å². The molecular weight excluding hydrogens is 250 g/mol. The Labute approximate surface area is 118 Å². The molecule has 0 aliphatic heterocycles. The second-order valence-corrected chi connectivity index (χ2v) is 4.53. The highest BCUT2D eigenvalue weighted by Crippen LogP contribution is 2.22. The van der Waals surface area contributed by atoms with Crippen molar-refractivity contribution in [1.29, 1.82) is 5.26 Å². The fraction of sp³-hybridized carbons (Fsp3) is 0.333. The molecule has 0 N–H and O–H groups in total. The number of aromatic nitrogens is 3. The van der Waals surface area contributed by atoms with Gasteiger partial charge in [-0.15, -0.1) is 0 Å². The summed E-state index contributed by atoms with van der Waals surface area (Å²) in [5.74, 6) is 1.42. The molecule has 0 amide bonds. The first-order valence-electron chi connectivity index (χ1n) is 6.57. The van der Waals surface area contributed by atoms with Crippen molar-refractivity contribution in [1.82, 2.24) is 15.0 Å². The minimum atomic E-state index is 0.0716. The van der Waals surface area contributed by atoms with Crippen LogP contribution in [0, 0.1) is 11.3 Å². The van der Waals surface area contributed by atoms with Gasteiger partial charge >= 0.3 is 0 Å². The molecule has 0 saturated heterocycles. The van der Waals surface area contributed by atoms with Crippen molar-refractivity contribution in [2.24, 2.45) is 0 Å². The second-order valence-electron chi connectivity index (χ2n) is 4.53. The third-order valence-electron chi connectivity index (χ3n) is 3.25. The van der Waals surface area contributed by atoms with Crippen LogP contribution in [0.15, 0.2) is 30.5 Å². The Morgan fingerprint density at radius 3 is 2.75 bits per heavy atom. The Kier molecular flexibility index (Phi) is 4.26. The lowest BCUT2D eigenvalue weighted by Crippen LogP contribution is -2.24. The zero-order chi connectivity index (χ0) is 14.5. The largest absolute Gasteiger partial charge is 0.351 e. The van der Waals surface area contributed by atoms with Gasteiger partial charge < -0.3 is 4.90 Å². The van der Waals surface area contributed by atoms with E-state index in [9.17, 15) is 0 Å². The molecule has 20 heavy (non-hydrogen) atoms. The topological polar surface area (TPSA) is 65.7 Å². The van der Waals surface area contributed by atoms with Crippen LogP contribution in [0.2, 0.25) is 0 Å². The monoisotopic (exact) mass is 267 g/mol. The van der Waals surface area contributed by atoms with Crippen molar-refractivity contribution in [2.75, 3.05) is 11.9 Å². The summed E-state index contributed by atoms with van der Waals surface area (Å²) in [6.07, 6.45) is 2.48. The van der Waals surface area contributed by atoms with Gasteiger partial charge in [0.1, 0.15) is 23.4 Å². The molecule has 102 valence electrons. The van der Waals surface area contributed by atoms with Crippen LogP contribution in [-0.4, -0.2) is 22.0 Å². The molecule has 0 spiro atoms. The molecule has 0 radical (unpaired) electrons. The Hall–Kier alpha value is -2.48. The van der Waals surface area contributed by atoms with E-state index in [-0.39, 0.29) is 6.04 Å². The van der Waals surface area contributed by atoms with Gasteiger partial charge in [-0.3, -0.25) is 4.98 Å². The lowest BCUT2D eigenvalue weighted by molar-refractivity contribution is 0.699. The molecule has 5 heteroatoms. The molecule has 5 nitrogen and oxygen atoms in total. The third-order valence-corrected chi connectivity index (χ3v) is 3.25. The van der Waals surface area contributed by atoms with Crippen LogP contribution in [0.3, 0.4) is 0 Å². The van der Waals surface area contributed by atoms with Gasteiger partial charge in [0.25, 0.3) is 0 Å². The van der Waals surface area contributed by atoms with Gasteiger partial charge in [0.05, 0.1) is 11.7 Å². The third kappa shape index (κ3) is 2.91. The van der Waals surface area contributed by atoms with Crippen LogP contribution in [0.4, 0.5) is 5.82 Å². The van der Waals surface area contributed by atoms with Crippen molar-refractivity contribution in [3.8, 4) is 6.07 Å². The van der Waals surface area contributed by atoms with Gasteiger partial charge in [-0.05, 0) is 19.1 Å². The fourth-order valence-corrected chi connectivity index (χ4v) is 1.90. The summed E-state index contributed by atoms with van der Waals surface area (Å²) in [4.78, 5) is 15.0. The average molecular weight is 267 g/mol. The van der Waals surface area contributed by atoms with E-state index in [1.807, 2.05) is 37.1 Å². The average Bonchev–Trinajstić information content (AvgIpc) is 2.53. The van der Waals surface area contributed by atoms with E-state index < -0.39 is 0 Å². The number of rotatable bonds is 4. The molecule has 2 aromatic rings. The number of hydrogen-bond donors (Lipinski definition) is 0. The molecule has 0 aromatic carbocycles. The minimum absolute atomic E-state index is 0.0716. The summed E-state index contributed by atoms with van der Waals surface area (Å²) >= 11 is 0. The van der Waals surface area contributed by atoms with Crippen LogP contribution >= 0.6 is 0 Å². The highest BCUT2D eigenvalue weighted by Gasteiger charge is 2.16. The molecule has 1 atom stereocenters. The predicted molar refractivity (Wildman–Crippen MR) is 77.2 cm³/mol. The fourth-order valence-electron chi connectivity index (χ4n) is 1.90. The van der Waals surface area contributed by atoms with Gasteiger partial charge in [0, 0.05) is 25.7 Å². The highest BCUT2D eigenvalue weighted by molar-refractivity contribution is 5.44. The summed E-state index contributed by atoms with van der Waals surface area (Å²) in [7, 11) is 1.95. The predicted octanol–water partition coefficient (Wildman–Crippen LogP) is 2.50. The van der Waals surface area contributed by atoms with Crippen molar-refractivity contribution in [3.63, 3.8) is 0 Å². The maximum atomic E-state index is 9.05. The van der Waals surface area contributed by atoms with E-state index in [1.165, 1.54) is 0 Å². The van der Waals surface area contributed by atoms with Gasteiger partial charge in [0.2, 0.25) is 0 Å². The first-order chi connectivity index (χ1) is 9.65. The highest BCUT2D eigenvalue weighted by atomic mass is 15.2. The van der Waals surface area contributed by atoms with Crippen LogP contribution in [0.5, 0.6) is 0 Å². The molecule has 2 rings (SSSR count). The van der Waals surface area contributed by atoms with E-state index in [4.69, 9.17) is 5.26 Å². The summed E-state index contributed by atoms with van der Waals surface area (Å²) in [6, 6.07) is 9.70. The Bertz CT molecular complexity index is 618. The molecule has 1 unspecified atom stereocenters. The first kappa shape index (κ1) is 13.9. The quantitative estimate of drug-likeness (QED) is 0.851. The van der Waals surface area contributed by atoms with Crippen LogP contribution < -0.4 is 4.90 Å². The number of aryl methyl sites for hydroxylation is 1. The summed E-state index contributed by atoms with van der Waals surface area (Å²) in [5, 5.41) is 9.05. The molecular formula is C15H17N5. The molecule has 0 aliphatic rings. The number of anilines is 1. The normalized spacial score (nSPS) is 11.7. The van der Waals surface area contributed by atoms with Crippen molar-refractivity contribution < 1.29 is 0 Å². The smallest absolute Gasteiger partial charge is 0.146 e. The molecule has 2 heterocycles. The lowest BCUT2D eigenvalue weighted by Gasteiger charge is -2.25. The van der Waals surface area contributed by atoms with E-state index in [2.05, 4.69) is 27.9 Å². The van der Waals surface area contributed by atoms with Crippen molar-refractivity contribution >= 4 is 5.82 Å². The lowest BCUT2D eigenvalue weighted by atomic mass is 10.2. The molecule has 0 fully saturated rings. The summed E-state index contributed by atoms with van der Waals surface area (Å²) in [5.41, 5.74) is 1.36. The van der Waals surface area contributed by atoms with Gasteiger partial charge in [0.15, 0.2) is 0 Å². The van der Waals surface area contributed by atoms with E-state index in [0.29, 0.717) is 17.9 Å². The Balaban J connectivity index is 2.33.